The summed E-state index contributed by atoms with van der Waals surface area (Å²) in [7, 11) is -3.11. The second kappa shape index (κ2) is 6.87. The Bertz CT molecular complexity index is 333. The number of hydrogen-bond acceptors (Lipinski definition) is 3. The SMILES string of the molecule is CC(C)CN(C(C)C)S(=O)(=O)CC1CCNCC1. The lowest BCUT2D eigenvalue weighted by Gasteiger charge is -2.30. The van der Waals surface area contributed by atoms with E-state index in [4.69, 9.17) is 0 Å². The van der Waals surface area contributed by atoms with Crippen LogP contribution in [0.25, 0.3) is 0 Å². The van der Waals surface area contributed by atoms with E-state index in [0.717, 1.165) is 25.9 Å². The van der Waals surface area contributed by atoms with Gasteiger partial charge in [0.1, 0.15) is 0 Å². The average molecular weight is 276 g/mol. The van der Waals surface area contributed by atoms with E-state index >= 15 is 0 Å². The highest BCUT2D eigenvalue weighted by Gasteiger charge is 2.29. The molecular formula is C13H28N2O2S. The van der Waals surface area contributed by atoms with Crippen molar-refractivity contribution in [2.75, 3.05) is 25.4 Å². The van der Waals surface area contributed by atoms with Crippen molar-refractivity contribution in [3.05, 3.63) is 0 Å². The van der Waals surface area contributed by atoms with Crippen molar-refractivity contribution in [1.29, 1.82) is 0 Å². The van der Waals surface area contributed by atoms with Crippen LogP contribution in [0, 0.1) is 11.8 Å². The highest BCUT2D eigenvalue weighted by atomic mass is 32.2. The van der Waals surface area contributed by atoms with Gasteiger partial charge in [0.25, 0.3) is 0 Å². The maximum absolute atomic E-state index is 12.5. The molecule has 4 nitrogen and oxygen atoms in total. The summed E-state index contributed by atoms with van der Waals surface area (Å²) in [5, 5.41) is 3.28. The minimum atomic E-state index is -3.11. The molecule has 1 aliphatic rings. The third-order valence-electron chi connectivity index (χ3n) is 3.38. The first-order valence-electron chi connectivity index (χ1n) is 7.03. The van der Waals surface area contributed by atoms with Crippen molar-refractivity contribution in [3.63, 3.8) is 0 Å². The molecule has 108 valence electrons. The van der Waals surface area contributed by atoms with Crippen molar-refractivity contribution in [1.82, 2.24) is 9.62 Å². The zero-order valence-corrected chi connectivity index (χ0v) is 13.0. The molecule has 1 heterocycles. The number of rotatable bonds is 6. The van der Waals surface area contributed by atoms with Gasteiger partial charge >= 0.3 is 0 Å². The standard InChI is InChI=1S/C13H28N2O2S/c1-11(2)9-15(12(3)4)18(16,17)10-13-5-7-14-8-6-13/h11-14H,5-10H2,1-4H3. The topological polar surface area (TPSA) is 49.4 Å². The lowest BCUT2D eigenvalue weighted by atomic mass is 10.0. The molecule has 1 rings (SSSR count). The Kier molecular flexibility index (Phi) is 6.08. The van der Waals surface area contributed by atoms with Crippen molar-refractivity contribution < 1.29 is 8.42 Å². The summed E-state index contributed by atoms with van der Waals surface area (Å²) in [5.74, 6) is 1.01. The number of sulfonamides is 1. The molecule has 1 N–H and O–H groups in total. The van der Waals surface area contributed by atoms with Crippen LogP contribution in [-0.2, 0) is 10.0 Å². The van der Waals surface area contributed by atoms with Gasteiger partial charge in [0.05, 0.1) is 5.75 Å². The van der Waals surface area contributed by atoms with Crippen LogP contribution >= 0.6 is 0 Å². The molecule has 0 unspecified atom stereocenters. The maximum atomic E-state index is 12.5. The molecule has 0 radical (unpaired) electrons. The molecule has 0 aromatic heterocycles. The van der Waals surface area contributed by atoms with Gasteiger partial charge in [0.2, 0.25) is 10.0 Å². The predicted molar refractivity (Wildman–Crippen MR) is 76.1 cm³/mol. The monoisotopic (exact) mass is 276 g/mol. The lowest BCUT2D eigenvalue weighted by Crippen LogP contribution is -2.43. The van der Waals surface area contributed by atoms with E-state index in [1.54, 1.807) is 4.31 Å². The molecule has 0 aromatic carbocycles. The minimum absolute atomic E-state index is 0.0547. The van der Waals surface area contributed by atoms with E-state index in [1.807, 2.05) is 13.8 Å². The highest BCUT2D eigenvalue weighted by Crippen LogP contribution is 2.19. The summed E-state index contributed by atoms with van der Waals surface area (Å²) in [6.07, 6.45) is 1.96. The second-order valence-corrected chi connectivity index (χ2v) is 8.00. The molecular weight excluding hydrogens is 248 g/mol. The van der Waals surface area contributed by atoms with Crippen LogP contribution in [0.3, 0.4) is 0 Å². The fraction of sp³-hybridized carbons (Fsp3) is 1.00. The van der Waals surface area contributed by atoms with Gasteiger partial charge < -0.3 is 5.32 Å². The fourth-order valence-electron chi connectivity index (χ4n) is 2.45. The Morgan fingerprint density at radius 2 is 1.72 bits per heavy atom. The van der Waals surface area contributed by atoms with Crippen LogP contribution in [0.5, 0.6) is 0 Å². The van der Waals surface area contributed by atoms with Gasteiger partial charge in [-0.15, -0.1) is 0 Å². The Morgan fingerprint density at radius 3 is 2.17 bits per heavy atom. The number of nitrogens with one attached hydrogen (secondary N) is 1. The average Bonchev–Trinajstić information content (AvgIpc) is 2.26. The zero-order valence-electron chi connectivity index (χ0n) is 12.1. The zero-order chi connectivity index (χ0) is 13.8. The lowest BCUT2D eigenvalue weighted by molar-refractivity contribution is 0.311. The first-order valence-corrected chi connectivity index (χ1v) is 8.64. The summed E-state index contributed by atoms with van der Waals surface area (Å²) in [5.41, 5.74) is 0. The van der Waals surface area contributed by atoms with Crippen molar-refractivity contribution >= 4 is 10.0 Å². The normalized spacial score (nSPS) is 19.1. The third kappa shape index (κ3) is 4.86. The van der Waals surface area contributed by atoms with Gasteiger partial charge in [-0.05, 0) is 51.6 Å². The van der Waals surface area contributed by atoms with Crippen LogP contribution in [0.4, 0.5) is 0 Å². The smallest absolute Gasteiger partial charge is 0.214 e. The minimum Gasteiger partial charge on any atom is -0.317 e. The summed E-state index contributed by atoms with van der Waals surface area (Å²) in [4.78, 5) is 0. The van der Waals surface area contributed by atoms with Gasteiger partial charge in [-0.1, -0.05) is 13.8 Å². The van der Waals surface area contributed by atoms with Gasteiger partial charge in [-0.25, -0.2) is 8.42 Å². The van der Waals surface area contributed by atoms with Crippen LogP contribution in [0.1, 0.15) is 40.5 Å². The molecule has 0 amide bonds. The second-order valence-electron chi connectivity index (χ2n) is 6.03. The van der Waals surface area contributed by atoms with Crippen LogP contribution in [0.15, 0.2) is 0 Å². The molecule has 0 aliphatic carbocycles. The molecule has 0 aromatic rings. The molecule has 5 heteroatoms. The van der Waals surface area contributed by atoms with E-state index in [-0.39, 0.29) is 6.04 Å². The van der Waals surface area contributed by atoms with E-state index < -0.39 is 10.0 Å². The van der Waals surface area contributed by atoms with Gasteiger partial charge in [-0.2, -0.15) is 4.31 Å². The van der Waals surface area contributed by atoms with Crippen LogP contribution in [0.2, 0.25) is 0 Å². The number of hydrogen-bond donors (Lipinski definition) is 1. The molecule has 0 saturated carbocycles. The first kappa shape index (κ1) is 15.9. The molecule has 1 saturated heterocycles. The quantitative estimate of drug-likeness (QED) is 0.803. The number of piperidine rings is 1. The fourth-order valence-corrected chi connectivity index (χ4v) is 4.74. The number of nitrogens with zero attached hydrogens (tertiary/aromatic N) is 1. The van der Waals surface area contributed by atoms with E-state index in [9.17, 15) is 8.42 Å². The molecule has 18 heavy (non-hydrogen) atoms. The Balaban J connectivity index is 2.68. The van der Waals surface area contributed by atoms with Crippen molar-refractivity contribution in [2.45, 2.75) is 46.6 Å². The van der Waals surface area contributed by atoms with Crippen LogP contribution < -0.4 is 5.32 Å². The summed E-state index contributed by atoms with van der Waals surface area (Å²) >= 11 is 0. The van der Waals surface area contributed by atoms with E-state index in [1.165, 1.54) is 0 Å². The van der Waals surface area contributed by atoms with Gasteiger partial charge in [0.15, 0.2) is 0 Å². The van der Waals surface area contributed by atoms with Gasteiger partial charge in [-0.3, -0.25) is 0 Å². The Hall–Kier alpha value is -0.130. The van der Waals surface area contributed by atoms with E-state index in [2.05, 4.69) is 19.2 Å². The van der Waals surface area contributed by atoms with Crippen molar-refractivity contribution in [2.24, 2.45) is 11.8 Å². The summed E-state index contributed by atoms with van der Waals surface area (Å²) < 4.78 is 26.6. The van der Waals surface area contributed by atoms with Crippen LogP contribution in [-0.4, -0.2) is 44.2 Å². The molecule has 1 aliphatic heterocycles. The predicted octanol–water partition coefficient (Wildman–Crippen LogP) is 1.68. The first-order chi connectivity index (χ1) is 8.33. The molecule has 1 fully saturated rings. The largest absolute Gasteiger partial charge is 0.317 e. The summed E-state index contributed by atoms with van der Waals surface area (Å²) in [6.45, 7) is 10.6. The van der Waals surface area contributed by atoms with Gasteiger partial charge in [0, 0.05) is 12.6 Å². The highest BCUT2D eigenvalue weighted by molar-refractivity contribution is 7.89. The van der Waals surface area contributed by atoms with Crippen molar-refractivity contribution in [3.8, 4) is 0 Å². The summed E-state index contributed by atoms with van der Waals surface area (Å²) in [6, 6.07) is 0.0547. The molecule has 0 spiro atoms. The third-order valence-corrected chi connectivity index (χ3v) is 5.56. The van der Waals surface area contributed by atoms with E-state index in [0.29, 0.717) is 24.1 Å². The maximum Gasteiger partial charge on any atom is 0.214 e. The Morgan fingerprint density at radius 1 is 1.17 bits per heavy atom. The Labute approximate surface area is 112 Å². The molecule has 0 atom stereocenters. The molecule has 0 bridgehead atoms.